The SMILES string of the molecule is CC(C)(C)c1ccc(OCCNC(=O)c2oc3ccccc3c2CS(C)(=O)=O)cc1. The van der Waals surface area contributed by atoms with Crippen LogP contribution in [0.2, 0.25) is 0 Å². The number of nitrogens with one attached hydrogen (secondary N) is 1. The van der Waals surface area contributed by atoms with Gasteiger partial charge in [0.15, 0.2) is 15.6 Å². The van der Waals surface area contributed by atoms with Crippen LogP contribution in [0, 0.1) is 0 Å². The summed E-state index contributed by atoms with van der Waals surface area (Å²) in [4.78, 5) is 12.6. The van der Waals surface area contributed by atoms with E-state index in [1.54, 1.807) is 24.3 Å². The zero-order valence-electron chi connectivity index (χ0n) is 17.7. The zero-order valence-corrected chi connectivity index (χ0v) is 18.5. The van der Waals surface area contributed by atoms with E-state index in [2.05, 4.69) is 26.1 Å². The highest BCUT2D eigenvalue weighted by Gasteiger charge is 2.23. The van der Waals surface area contributed by atoms with Crippen LogP contribution in [0.1, 0.15) is 42.5 Å². The first-order valence-electron chi connectivity index (χ1n) is 9.74. The fraction of sp³-hybridized carbons (Fsp3) is 0.348. The maximum Gasteiger partial charge on any atom is 0.287 e. The number of furan rings is 1. The van der Waals surface area contributed by atoms with Gasteiger partial charge in [-0.2, -0.15) is 0 Å². The maximum absolute atomic E-state index is 12.6. The molecule has 7 heteroatoms. The molecule has 6 nitrogen and oxygen atoms in total. The molecule has 0 saturated carbocycles. The third-order valence-corrected chi connectivity index (χ3v) is 5.50. The number of ether oxygens (including phenoxy) is 1. The van der Waals surface area contributed by atoms with Crippen LogP contribution in [-0.2, 0) is 21.0 Å². The average molecular weight is 430 g/mol. The molecule has 1 heterocycles. The quantitative estimate of drug-likeness (QED) is 0.572. The molecule has 3 rings (SSSR count). The molecule has 0 radical (unpaired) electrons. The van der Waals surface area contributed by atoms with Crippen LogP contribution >= 0.6 is 0 Å². The molecule has 0 bridgehead atoms. The molecule has 0 aliphatic rings. The molecule has 0 fully saturated rings. The molecule has 0 aliphatic heterocycles. The van der Waals surface area contributed by atoms with Crippen LogP contribution < -0.4 is 10.1 Å². The maximum atomic E-state index is 12.6. The zero-order chi connectivity index (χ0) is 21.9. The van der Waals surface area contributed by atoms with Crippen LogP contribution in [0.25, 0.3) is 11.0 Å². The van der Waals surface area contributed by atoms with Crippen molar-refractivity contribution >= 4 is 26.7 Å². The van der Waals surface area contributed by atoms with Crippen LogP contribution in [0.15, 0.2) is 52.9 Å². The third-order valence-electron chi connectivity index (χ3n) is 4.69. The predicted molar refractivity (Wildman–Crippen MR) is 118 cm³/mol. The lowest BCUT2D eigenvalue weighted by Gasteiger charge is -2.19. The lowest BCUT2D eigenvalue weighted by molar-refractivity contribution is 0.0920. The molecule has 1 amide bonds. The smallest absolute Gasteiger partial charge is 0.287 e. The Labute approximate surface area is 177 Å². The van der Waals surface area contributed by atoms with Gasteiger partial charge < -0.3 is 14.5 Å². The molecule has 0 saturated heterocycles. The summed E-state index contributed by atoms with van der Waals surface area (Å²) in [6, 6.07) is 14.9. The molecule has 1 N–H and O–H groups in total. The topological polar surface area (TPSA) is 85.6 Å². The van der Waals surface area contributed by atoms with Crippen LogP contribution in [0.4, 0.5) is 0 Å². The van der Waals surface area contributed by atoms with Gasteiger partial charge in [0.1, 0.15) is 17.9 Å². The standard InChI is InChI=1S/C23H27NO5S/c1-23(2,3)16-9-11-17(12-10-16)28-14-13-24-22(25)21-19(15-30(4,26)27)18-7-5-6-8-20(18)29-21/h5-12H,13-15H2,1-4H3,(H,24,25). The van der Waals surface area contributed by atoms with Gasteiger partial charge >= 0.3 is 0 Å². The Hall–Kier alpha value is -2.80. The first-order chi connectivity index (χ1) is 14.0. The summed E-state index contributed by atoms with van der Waals surface area (Å²) in [6.45, 7) is 6.98. The molecular weight excluding hydrogens is 402 g/mol. The van der Waals surface area contributed by atoms with Gasteiger partial charge in [-0.1, -0.05) is 51.1 Å². The number of carbonyl (C=O) groups is 1. The van der Waals surface area contributed by atoms with Crippen LogP contribution in [-0.4, -0.2) is 33.7 Å². The third kappa shape index (κ3) is 5.42. The number of sulfone groups is 1. The van der Waals surface area contributed by atoms with E-state index in [-0.39, 0.29) is 30.1 Å². The van der Waals surface area contributed by atoms with Crippen molar-refractivity contribution in [2.75, 3.05) is 19.4 Å². The Morgan fingerprint density at radius 1 is 1.07 bits per heavy atom. The van der Waals surface area contributed by atoms with Crippen molar-refractivity contribution in [3.8, 4) is 5.75 Å². The summed E-state index contributed by atoms with van der Waals surface area (Å²) in [5.74, 6) is 0.0232. The van der Waals surface area contributed by atoms with E-state index in [1.165, 1.54) is 5.56 Å². The minimum atomic E-state index is -3.33. The number of benzene rings is 2. The van der Waals surface area contributed by atoms with Gasteiger partial charge in [-0.3, -0.25) is 4.79 Å². The van der Waals surface area contributed by atoms with Crippen LogP contribution in [0.5, 0.6) is 5.75 Å². The van der Waals surface area contributed by atoms with E-state index in [9.17, 15) is 13.2 Å². The van der Waals surface area contributed by atoms with Gasteiger partial charge in [-0.05, 0) is 29.2 Å². The highest BCUT2D eigenvalue weighted by Crippen LogP contribution is 2.27. The average Bonchev–Trinajstić information content (AvgIpc) is 3.02. The summed E-state index contributed by atoms with van der Waals surface area (Å²) in [7, 11) is -3.33. The van der Waals surface area contributed by atoms with Gasteiger partial charge in [0.2, 0.25) is 0 Å². The van der Waals surface area contributed by atoms with E-state index in [0.29, 0.717) is 16.5 Å². The van der Waals surface area contributed by atoms with Gasteiger partial charge in [0.05, 0.1) is 12.3 Å². The molecule has 0 aliphatic carbocycles. The Morgan fingerprint density at radius 2 is 1.73 bits per heavy atom. The summed E-state index contributed by atoms with van der Waals surface area (Å²) >= 11 is 0. The van der Waals surface area contributed by atoms with Crippen molar-refractivity contribution in [3.05, 3.63) is 65.4 Å². The highest BCUT2D eigenvalue weighted by atomic mass is 32.2. The van der Waals surface area contributed by atoms with Crippen molar-refractivity contribution in [2.45, 2.75) is 31.9 Å². The minimum absolute atomic E-state index is 0.0242. The Bertz CT molecular complexity index is 1140. The Kier molecular flexibility index (Phi) is 6.22. The number of hydrogen-bond acceptors (Lipinski definition) is 5. The summed E-state index contributed by atoms with van der Waals surface area (Å²) in [5, 5.41) is 3.37. The van der Waals surface area contributed by atoms with Crippen molar-refractivity contribution in [2.24, 2.45) is 0 Å². The van der Waals surface area contributed by atoms with Gasteiger partial charge in [0.25, 0.3) is 5.91 Å². The van der Waals surface area contributed by atoms with Crippen LogP contribution in [0.3, 0.4) is 0 Å². The second-order valence-corrected chi connectivity index (χ2v) is 10.5. The largest absolute Gasteiger partial charge is 0.492 e. The summed E-state index contributed by atoms with van der Waals surface area (Å²) in [5.41, 5.74) is 2.15. The predicted octanol–water partition coefficient (Wildman–Crippen LogP) is 4.08. The first-order valence-corrected chi connectivity index (χ1v) is 11.8. The number of fused-ring (bicyclic) bond motifs is 1. The number of rotatable bonds is 7. The first kappa shape index (κ1) is 21.9. The lowest BCUT2D eigenvalue weighted by atomic mass is 9.87. The van der Waals surface area contributed by atoms with E-state index in [1.807, 2.05) is 24.3 Å². The fourth-order valence-electron chi connectivity index (χ4n) is 3.15. The lowest BCUT2D eigenvalue weighted by Crippen LogP contribution is -2.28. The normalized spacial score (nSPS) is 12.1. The number of carbonyl (C=O) groups excluding carboxylic acids is 1. The molecule has 1 aromatic heterocycles. The Morgan fingerprint density at radius 3 is 2.37 bits per heavy atom. The molecule has 0 spiro atoms. The van der Waals surface area contributed by atoms with E-state index in [0.717, 1.165) is 12.0 Å². The molecule has 3 aromatic rings. The molecule has 0 unspecified atom stereocenters. The number of hydrogen-bond donors (Lipinski definition) is 1. The highest BCUT2D eigenvalue weighted by molar-refractivity contribution is 7.89. The molecule has 2 aromatic carbocycles. The number of para-hydroxylation sites is 1. The monoisotopic (exact) mass is 429 g/mol. The van der Waals surface area contributed by atoms with E-state index in [4.69, 9.17) is 9.15 Å². The van der Waals surface area contributed by atoms with Gasteiger partial charge in [-0.15, -0.1) is 0 Å². The fourth-order valence-corrected chi connectivity index (χ4v) is 3.96. The number of amides is 1. The molecular formula is C23H27NO5S. The molecule has 160 valence electrons. The summed E-state index contributed by atoms with van der Waals surface area (Å²) < 4.78 is 35.0. The minimum Gasteiger partial charge on any atom is -0.492 e. The van der Waals surface area contributed by atoms with Crippen molar-refractivity contribution in [1.29, 1.82) is 0 Å². The van der Waals surface area contributed by atoms with E-state index >= 15 is 0 Å². The van der Waals surface area contributed by atoms with Gasteiger partial charge in [0, 0.05) is 17.2 Å². The van der Waals surface area contributed by atoms with E-state index < -0.39 is 15.7 Å². The van der Waals surface area contributed by atoms with Crippen molar-refractivity contribution in [1.82, 2.24) is 5.32 Å². The van der Waals surface area contributed by atoms with Crippen molar-refractivity contribution < 1.29 is 22.4 Å². The molecule has 30 heavy (non-hydrogen) atoms. The summed E-state index contributed by atoms with van der Waals surface area (Å²) in [6.07, 6.45) is 1.13. The second kappa shape index (κ2) is 8.52. The Balaban J connectivity index is 1.64. The van der Waals surface area contributed by atoms with Crippen molar-refractivity contribution in [3.63, 3.8) is 0 Å². The second-order valence-electron chi connectivity index (χ2n) is 8.35. The van der Waals surface area contributed by atoms with Gasteiger partial charge in [-0.25, -0.2) is 8.42 Å². The molecule has 0 atom stereocenters.